The summed E-state index contributed by atoms with van der Waals surface area (Å²) in [6, 6.07) is 8.76. The summed E-state index contributed by atoms with van der Waals surface area (Å²) in [6.45, 7) is 3.20. The first-order chi connectivity index (χ1) is 15.9. The molecule has 1 aliphatic carbocycles. The third kappa shape index (κ3) is 6.09. The van der Waals surface area contributed by atoms with Gasteiger partial charge in [0.25, 0.3) is 0 Å². The molecular formula is C25H31N3O5. The molecule has 2 N–H and O–H groups in total. The Kier molecular flexibility index (Phi) is 7.25. The van der Waals surface area contributed by atoms with Gasteiger partial charge in [-0.1, -0.05) is 30.3 Å². The molecule has 1 atom stereocenters. The summed E-state index contributed by atoms with van der Waals surface area (Å²) in [4.78, 5) is 25.6. The van der Waals surface area contributed by atoms with E-state index in [1.54, 1.807) is 0 Å². The fourth-order valence-electron chi connectivity index (χ4n) is 4.29. The van der Waals surface area contributed by atoms with Crippen LogP contribution in [0.5, 0.6) is 0 Å². The zero-order chi connectivity index (χ0) is 23.4. The lowest BCUT2D eigenvalue weighted by Crippen LogP contribution is -2.35. The van der Waals surface area contributed by atoms with Crippen LogP contribution in [-0.2, 0) is 27.3 Å². The number of piperidine rings is 1. The molecule has 8 nitrogen and oxygen atoms in total. The van der Waals surface area contributed by atoms with Crippen LogP contribution in [0, 0.1) is 5.92 Å². The van der Waals surface area contributed by atoms with Crippen LogP contribution < -0.4 is 0 Å². The fourth-order valence-corrected chi connectivity index (χ4v) is 4.29. The second-order valence-electron chi connectivity index (χ2n) is 8.99. The van der Waals surface area contributed by atoms with Gasteiger partial charge in [-0.25, -0.2) is 14.6 Å². The smallest absolute Gasteiger partial charge is 0.414 e. The van der Waals surface area contributed by atoms with Crippen molar-refractivity contribution in [1.82, 2.24) is 14.5 Å². The molecule has 2 aliphatic heterocycles. The molecule has 33 heavy (non-hydrogen) atoms. The van der Waals surface area contributed by atoms with E-state index in [-0.39, 0.29) is 6.10 Å². The van der Waals surface area contributed by atoms with Crippen LogP contribution in [0.15, 0.2) is 36.5 Å². The number of carboxylic acid groups (broad SMARTS) is 2. The van der Waals surface area contributed by atoms with Gasteiger partial charge in [0.05, 0.1) is 11.8 Å². The molecule has 8 heteroatoms. The predicted octanol–water partition coefficient (Wildman–Crippen LogP) is 3.22. The molecule has 1 aromatic heterocycles. The summed E-state index contributed by atoms with van der Waals surface area (Å²) in [7, 11) is 2.20. The lowest BCUT2D eigenvalue weighted by atomic mass is 10.00. The van der Waals surface area contributed by atoms with Gasteiger partial charge in [0.2, 0.25) is 0 Å². The minimum atomic E-state index is -1.82. The second kappa shape index (κ2) is 10.3. The minimum absolute atomic E-state index is 0.0554. The van der Waals surface area contributed by atoms with Crippen molar-refractivity contribution in [2.24, 2.45) is 5.92 Å². The normalized spacial score (nSPS) is 20.9. The van der Waals surface area contributed by atoms with Crippen molar-refractivity contribution in [1.29, 1.82) is 0 Å². The van der Waals surface area contributed by atoms with Crippen LogP contribution in [0.1, 0.15) is 54.4 Å². The molecule has 1 aromatic carbocycles. The molecule has 0 bridgehead atoms. The first kappa shape index (κ1) is 23.2. The maximum absolute atomic E-state index is 9.10. The molecule has 0 amide bonds. The van der Waals surface area contributed by atoms with E-state index in [0.29, 0.717) is 6.10 Å². The Bertz CT molecular complexity index is 1010. The number of carbonyl (C=O) groups is 2. The number of carboxylic acids is 2. The number of aromatic nitrogens is 2. The lowest BCUT2D eigenvalue weighted by molar-refractivity contribution is -0.159. The molecule has 176 valence electrons. The van der Waals surface area contributed by atoms with Crippen LogP contribution in [0.2, 0.25) is 0 Å². The Morgan fingerprint density at radius 1 is 1.06 bits per heavy atom. The zero-order valence-corrected chi connectivity index (χ0v) is 18.9. The molecule has 1 unspecified atom stereocenters. The predicted molar refractivity (Wildman–Crippen MR) is 123 cm³/mol. The van der Waals surface area contributed by atoms with Crippen molar-refractivity contribution in [3.63, 3.8) is 0 Å². The molecule has 0 radical (unpaired) electrons. The van der Waals surface area contributed by atoms with E-state index >= 15 is 0 Å². The van der Waals surface area contributed by atoms with Gasteiger partial charge in [0.15, 0.2) is 0 Å². The molecule has 1 saturated heterocycles. The number of likely N-dealkylation sites (tertiary alicyclic amines) is 1. The Balaban J connectivity index is 0.000000385. The molecular weight excluding hydrogens is 422 g/mol. The summed E-state index contributed by atoms with van der Waals surface area (Å²) in [6.07, 6.45) is 12.9. The van der Waals surface area contributed by atoms with Crippen LogP contribution in [-0.4, -0.2) is 62.8 Å². The number of hydrogen-bond acceptors (Lipinski definition) is 5. The van der Waals surface area contributed by atoms with E-state index in [4.69, 9.17) is 29.5 Å². The quantitative estimate of drug-likeness (QED) is 0.685. The van der Waals surface area contributed by atoms with Crippen molar-refractivity contribution < 1.29 is 24.5 Å². The number of aliphatic carboxylic acids is 2. The van der Waals surface area contributed by atoms with E-state index in [1.807, 2.05) is 0 Å². The summed E-state index contributed by atoms with van der Waals surface area (Å²) in [5.41, 5.74) is 3.78. The Labute approximate surface area is 193 Å². The van der Waals surface area contributed by atoms with E-state index < -0.39 is 11.9 Å². The monoisotopic (exact) mass is 453 g/mol. The number of rotatable bonds is 4. The third-order valence-electron chi connectivity index (χ3n) is 6.36. The molecule has 2 aromatic rings. The highest BCUT2D eigenvalue weighted by atomic mass is 16.5. The maximum Gasteiger partial charge on any atom is 0.414 e. The average Bonchev–Trinajstić information content (AvgIpc) is 3.57. The fraction of sp³-hybridized carbons (Fsp3) is 0.480. The summed E-state index contributed by atoms with van der Waals surface area (Å²) < 4.78 is 9.06. The molecule has 0 spiro atoms. The van der Waals surface area contributed by atoms with Crippen LogP contribution >= 0.6 is 0 Å². The van der Waals surface area contributed by atoms with Gasteiger partial charge in [-0.05, 0) is 62.3 Å². The van der Waals surface area contributed by atoms with Crippen molar-refractivity contribution in [3.8, 4) is 0 Å². The Morgan fingerprint density at radius 2 is 1.76 bits per heavy atom. The van der Waals surface area contributed by atoms with Gasteiger partial charge in [-0.15, -0.1) is 0 Å². The number of fused-ring (bicyclic) bond motifs is 2. The maximum atomic E-state index is 9.10. The van der Waals surface area contributed by atoms with Gasteiger partial charge in [0, 0.05) is 25.8 Å². The lowest BCUT2D eigenvalue weighted by Gasteiger charge is -2.32. The van der Waals surface area contributed by atoms with Crippen molar-refractivity contribution in [2.45, 2.75) is 50.9 Å². The van der Waals surface area contributed by atoms with E-state index in [0.717, 1.165) is 56.3 Å². The molecule has 1 saturated carbocycles. The van der Waals surface area contributed by atoms with Crippen molar-refractivity contribution in [2.75, 3.05) is 20.1 Å². The van der Waals surface area contributed by atoms with E-state index in [2.05, 4.69) is 59.1 Å². The number of nitrogens with zero attached hydrogens (tertiary/aromatic N) is 3. The highest BCUT2D eigenvalue weighted by Crippen LogP contribution is 2.35. The highest BCUT2D eigenvalue weighted by molar-refractivity contribution is 6.27. The first-order valence-electron chi connectivity index (χ1n) is 11.5. The molecule has 3 aliphatic rings. The Morgan fingerprint density at radius 3 is 2.42 bits per heavy atom. The largest absolute Gasteiger partial charge is 0.473 e. The summed E-state index contributed by atoms with van der Waals surface area (Å²) in [5.74, 6) is -1.79. The zero-order valence-electron chi connectivity index (χ0n) is 18.9. The molecule has 3 heterocycles. The third-order valence-corrected chi connectivity index (χ3v) is 6.36. The minimum Gasteiger partial charge on any atom is -0.473 e. The number of allylic oxidation sites excluding steroid dienone is 1. The average molecular weight is 454 g/mol. The van der Waals surface area contributed by atoms with Crippen LogP contribution in [0.3, 0.4) is 0 Å². The van der Waals surface area contributed by atoms with Gasteiger partial charge >= 0.3 is 11.9 Å². The summed E-state index contributed by atoms with van der Waals surface area (Å²) in [5, 5.41) is 14.8. The number of benzene rings is 1. The molecule has 2 fully saturated rings. The van der Waals surface area contributed by atoms with Crippen molar-refractivity contribution >= 4 is 18.0 Å². The van der Waals surface area contributed by atoms with Gasteiger partial charge in [-0.3, -0.25) is 0 Å². The SMILES string of the molecule is CN1CCC(OC2c3ccccc3CCn3cc(C=CC4CC4)nc32)CC1.O=C(O)C(=O)O. The van der Waals surface area contributed by atoms with Crippen LogP contribution in [0.25, 0.3) is 6.08 Å². The number of ether oxygens (including phenoxy) is 1. The van der Waals surface area contributed by atoms with Gasteiger partial charge in [-0.2, -0.15) is 0 Å². The number of hydrogen-bond donors (Lipinski definition) is 2. The van der Waals surface area contributed by atoms with Crippen molar-refractivity contribution in [3.05, 3.63) is 59.2 Å². The topological polar surface area (TPSA) is 105 Å². The highest BCUT2D eigenvalue weighted by Gasteiger charge is 2.30. The number of imidazole rings is 1. The standard InChI is InChI=1S/C23H29N3O.C2H2O4/c1-25-13-11-20(12-14-25)27-22-21-5-3-2-4-18(21)10-15-26-16-19(24-23(22)26)9-8-17-6-7-17;3-1(4)2(5)6/h2-5,8-9,16-17,20,22H,6-7,10-15H2,1H3;(H,3,4)(H,5,6). The second-order valence-corrected chi connectivity index (χ2v) is 8.99. The van der Waals surface area contributed by atoms with E-state index in [9.17, 15) is 0 Å². The number of aryl methyl sites for hydroxylation is 2. The van der Waals surface area contributed by atoms with Gasteiger partial charge in [0.1, 0.15) is 11.9 Å². The van der Waals surface area contributed by atoms with Crippen LogP contribution in [0.4, 0.5) is 0 Å². The van der Waals surface area contributed by atoms with Gasteiger partial charge < -0.3 is 24.4 Å². The Hall–Kier alpha value is -2.97. The summed E-state index contributed by atoms with van der Waals surface area (Å²) >= 11 is 0. The first-order valence-corrected chi connectivity index (χ1v) is 11.5. The molecule has 5 rings (SSSR count). The van der Waals surface area contributed by atoms with E-state index in [1.165, 1.54) is 24.0 Å².